The van der Waals surface area contributed by atoms with E-state index in [-0.39, 0.29) is 5.92 Å². The number of nitrogens with zero attached hydrogens (tertiary/aromatic N) is 1. The molecule has 0 unspecified atom stereocenters. The Balaban J connectivity index is 2.03. The molecule has 1 aromatic heterocycles. The summed E-state index contributed by atoms with van der Waals surface area (Å²) in [7, 11) is 1.71. The van der Waals surface area contributed by atoms with Gasteiger partial charge in [0.25, 0.3) is 0 Å². The summed E-state index contributed by atoms with van der Waals surface area (Å²) < 4.78 is 5.08. The molecule has 3 N–H and O–H groups in total. The van der Waals surface area contributed by atoms with Crippen molar-refractivity contribution in [3.63, 3.8) is 0 Å². The number of methoxy groups -OCH3 is 1. The molecule has 0 spiro atoms. The van der Waals surface area contributed by atoms with Crippen molar-refractivity contribution < 1.29 is 9.84 Å². The van der Waals surface area contributed by atoms with E-state index in [9.17, 15) is 5.11 Å². The lowest BCUT2D eigenvalue weighted by Gasteiger charge is -2.37. The van der Waals surface area contributed by atoms with Crippen LogP contribution in [0.2, 0.25) is 0 Å². The lowest BCUT2D eigenvalue weighted by atomic mass is 9.78. The van der Waals surface area contributed by atoms with E-state index >= 15 is 0 Å². The molecule has 2 rings (SSSR count). The molecule has 5 heteroatoms. The fraction of sp³-hybridized carbons (Fsp3) is 0.786. The minimum Gasteiger partial charge on any atom is -0.385 e. The molecule has 0 saturated carbocycles. The summed E-state index contributed by atoms with van der Waals surface area (Å²) in [6.07, 6.45) is 8.31. The van der Waals surface area contributed by atoms with E-state index in [0.717, 1.165) is 51.8 Å². The van der Waals surface area contributed by atoms with Gasteiger partial charge in [0.05, 0.1) is 0 Å². The van der Waals surface area contributed by atoms with Gasteiger partial charge in [-0.2, -0.15) is 0 Å². The van der Waals surface area contributed by atoms with E-state index in [1.165, 1.54) is 0 Å². The second-order valence-corrected chi connectivity index (χ2v) is 5.36. The summed E-state index contributed by atoms with van der Waals surface area (Å²) in [5.41, 5.74) is -0.843. The van der Waals surface area contributed by atoms with Crippen LogP contribution >= 0.6 is 0 Å². The summed E-state index contributed by atoms with van der Waals surface area (Å²) in [5.74, 6) is 0.938. The number of unbranched alkanes of at least 4 members (excludes halogenated alkanes) is 1. The van der Waals surface area contributed by atoms with Gasteiger partial charge in [-0.25, -0.2) is 4.98 Å². The molecule has 19 heavy (non-hydrogen) atoms. The summed E-state index contributed by atoms with van der Waals surface area (Å²) in [6.45, 7) is 2.66. The van der Waals surface area contributed by atoms with Crippen molar-refractivity contribution in [3.8, 4) is 0 Å². The van der Waals surface area contributed by atoms with Gasteiger partial charge in [-0.1, -0.05) is 0 Å². The van der Waals surface area contributed by atoms with Crippen molar-refractivity contribution in [3.05, 3.63) is 18.2 Å². The summed E-state index contributed by atoms with van der Waals surface area (Å²) in [4.78, 5) is 7.39. The van der Waals surface area contributed by atoms with Gasteiger partial charge < -0.3 is 20.1 Å². The average Bonchev–Trinajstić information content (AvgIpc) is 2.99. The van der Waals surface area contributed by atoms with Crippen molar-refractivity contribution in [2.45, 2.75) is 37.7 Å². The van der Waals surface area contributed by atoms with Crippen LogP contribution in [0.25, 0.3) is 0 Å². The number of ether oxygens (including phenoxy) is 1. The molecule has 0 aliphatic carbocycles. The van der Waals surface area contributed by atoms with Gasteiger partial charge >= 0.3 is 0 Å². The number of H-pyrrole nitrogens is 1. The first-order valence-electron chi connectivity index (χ1n) is 7.19. The van der Waals surface area contributed by atoms with Crippen molar-refractivity contribution >= 4 is 0 Å². The van der Waals surface area contributed by atoms with Gasteiger partial charge in [0, 0.05) is 38.6 Å². The van der Waals surface area contributed by atoms with E-state index in [1.807, 2.05) is 0 Å². The first-order chi connectivity index (χ1) is 9.27. The van der Waals surface area contributed by atoms with Crippen molar-refractivity contribution in [1.82, 2.24) is 15.3 Å². The molecular formula is C14H25N3O2. The minimum absolute atomic E-state index is 0.231. The highest BCUT2D eigenvalue weighted by molar-refractivity contribution is 5.06. The molecule has 1 fully saturated rings. The average molecular weight is 267 g/mol. The second-order valence-electron chi connectivity index (χ2n) is 5.36. The number of rotatable bonds is 7. The number of nitrogens with one attached hydrogen (secondary N) is 2. The molecule has 5 nitrogen and oxygen atoms in total. The zero-order chi connectivity index (χ0) is 13.6. The van der Waals surface area contributed by atoms with Crippen LogP contribution in [-0.2, 0) is 10.3 Å². The van der Waals surface area contributed by atoms with Crippen molar-refractivity contribution in [2.75, 3.05) is 26.8 Å². The zero-order valence-corrected chi connectivity index (χ0v) is 11.7. The van der Waals surface area contributed by atoms with E-state index in [4.69, 9.17) is 4.74 Å². The molecule has 1 aliphatic heterocycles. The van der Waals surface area contributed by atoms with Crippen molar-refractivity contribution in [2.24, 2.45) is 5.92 Å². The van der Waals surface area contributed by atoms with Crippen LogP contribution in [0.3, 0.4) is 0 Å². The molecule has 2 atom stereocenters. The molecule has 0 aromatic carbocycles. The van der Waals surface area contributed by atoms with E-state index in [1.54, 1.807) is 19.5 Å². The normalized spacial score (nSPS) is 23.2. The summed E-state index contributed by atoms with van der Waals surface area (Å²) >= 11 is 0. The SMILES string of the molecule is COCCCC[C@@](O)(c1ncc[nH]1)[C@@H]1CCCNC1. The van der Waals surface area contributed by atoms with Gasteiger partial charge in [0.2, 0.25) is 0 Å². The quantitative estimate of drug-likeness (QED) is 0.653. The fourth-order valence-corrected chi connectivity index (χ4v) is 2.92. The van der Waals surface area contributed by atoms with Crippen LogP contribution in [0.4, 0.5) is 0 Å². The predicted molar refractivity (Wildman–Crippen MR) is 73.8 cm³/mol. The first kappa shape index (κ1) is 14.5. The molecular weight excluding hydrogens is 242 g/mol. The third-order valence-electron chi connectivity index (χ3n) is 4.04. The lowest BCUT2D eigenvalue weighted by molar-refractivity contribution is -0.0502. The van der Waals surface area contributed by atoms with E-state index < -0.39 is 5.60 Å². The molecule has 2 heterocycles. The Morgan fingerprint density at radius 3 is 3.05 bits per heavy atom. The molecule has 0 bridgehead atoms. The molecule has 1 saturated heterocycles. The van der Waals surface area contributed by atoms with Gasteiger partial charge in [-0.3, -0.25) is 0 Å². The van der Waals surface area contributed by atoms with Gasteiger partial charge in [-0.05, 0) is 38.6 Å². The molecule has 1 aliphatic rings. The maximum Gasteiger partial charge on any atom is 0.138 e. The van der Waals surface area contributed by atoms with Crippen LogP contribution in [-0.4, -0.2) is 41.9 Å². The Bertz CT molecular complexity index is 350. The smallest absolute Gasteiger partial charge is 0.138 e. The van der Waals surface area contributed by atoms with Crippen LogP contribution in [0.1, 0.15) is 37.9 Å². The molecule has 0 amide bonds. The third-order valence-corrected chi connectivity index (χ3v) is 4.04. The van der Waals surface area contributed by atoms with Gasteiger partial charge in [0.15, 0.2) is 0 Å². The Morgan fingerprint density at radius 2 is 2.42 bits per heavy atom. The Kier molecular flexibility index (Phi) is 5.36. The highest BCUT2D eigenvalue weighted by atomic mass is 16.5. The maximum absolute atomic E-state index is 11.1. The predicted octanol–water partition coefficient (Wildman–Crippen LogP) is 1.41. The van der Waals surface area contributed by atoms with Gasteiger partial charge in [0.1, 0.15) is 11.4 Å². The lowest BCUT2D eigenvalue weighted by Crippen LogP contribution is -2.45. The number of piperidine rings is 1. The zero-order valence-electron chi connectivity index (χ0n) is 11.7. The highest BCUT2D eigenvalue weighted by Crippen LogP contribution is 2.36. The number of aromatic nitrogens is 2. The topological polar surface area (TPSA) is 70.2 Å². The fourth-order valence-electron chi connectivity index (χ4n) is 2.92. The third kappa shape index (κ3) is 3.55. The van der Waals surface area contributed by atoms with Crippen LogP contribution in [0.5, 0.6) is 0 Å². The van der Waals surface area contributed by atoms with E-state index in [2.05, 4.69) is 15.3 Å². The van der Waals surface area contributed by atoms with Crippen molar-refractivity contribution in [1.29, 1.82) is 0 Å². The summed E-state index contributed by atoms with van der Waals surface area (Å²) in [6, 6.07) is 0. The molecule has 0 radical (unpaired) electrons. The number of imidazole rings is 1. The largest absolute Gasteiger partial charge is 0.385 e. The van der Waals surface area contributed by atoms with Crippen LogP contribution in [0, 0.1) is 5.92 Å². The molecule has 1 aromatic rings. The Hall–Kier alpha value is -0.910. The standard InChI is InChI=1S/C14H25N3O2/c1-19-10-3-2-6-14(18,13-16-8-9-17-13)12-5-4-7-15-11-12/h8-9,12,15,18H,2-7,10-11H2,1H3,(H,16,17)/t12-,14+/m1/s1. The minimum atomic E-state index is -0.843. The van der Waals surface area contributed by atoms with E-state index in [0.29, 0.717) is 5.82 Å². The molecule has 108 valence electrons. The van der Waals surface area contributed by atoms with Gasteiger partial charge in [-0.15, -0.1) is 0 Å². The monoisotopic (exact) mass is 267 g/mol. The Labute approximate surface area is 114 Å². The summed E-state index contributed by atoms with van der Waals surface area (Å²) in [5, 5.41) is 14.5. The number of hydrogen-bond donors (Lipinski definition) is 3. The van der Waals surface area contributed by atoms with Crippen LogP contribution < -0.4 is 5.32 Å². The highest BCUT2D eigenvalue weighted by Gasteiger charge is 2.40. The first-order valence-corrected chi connectivity index (χ1v) is 7.19. The number of aliphatic hydroxyl groups is 1. The number of aromatic amines is 1. The Morgan fingerprint density at radius 1 is 1.53 bits per heavy atom. The van der Waals surface area contributed by atoms with Crippen LogP contribution in [0.15, 0.2) is 12.4 Å². The maximum atomic E-state index is 11.1. The second kappa shape index (κ2) is 7.03. The number of hydrogen-bond acceptors (Lipinski definition) is 4.